The molecule has 31 heteroatoms. The number of carboxylic acid groups (broad SMARTS) is 2. The predicted molar refractivity (Wildman–Crippen MR) is 507 cm³/mol. The molecule has 4 saturated heterocycles. The van der Waals surface area contributed by atoms with Crippen LogP contribution in [0.15, 0.2) is 91.0 Å². The predicted octanol–water partition coefficient (Wildman–Crippen LogP) is 12.0. The Kier molecular flexibility index (Phi) is 54.7. The van der Waals surface area contributed by atoms with Crippen molar-refractivity contribution in [2.24, 2.45) is 76.4 Å². The molecule has 4 heterocycles. The van der Waals surface area contributed by atoms with E-state index in [1.165, 1.54) is 116 Å². The molecule has 4 aliphatic heterocycles. The lowest BCUT2D eigenvalue weighted by atomic mass is 9.80. The maximum absolute atomic E-state index is 13.2. The van der Waals surface area contributed by atoms with Crippen molar-refractivity contribution in [3.05, 3.63) is 108 Å². The second kappa shape index (κ2) is 65.6. The molecule has 10 N–H and O–H groups in total. The molecule has 0 spiro atoms. The van der Waals surface area contributed by atoms with Gasteiger partial charge in [-0.15, -0.1) is 0 Å². The van der Waals surface area contributed by atoms with Gasteiger partial charge in [0.15, 0.2) is 0 Å². The van der Waals surface area contributed by atoms with E-state index < -0.39 is 59.6 Å². The molecule has 134 heavy (non-hydrogen) atoms. The minimum absolute atomic E-state index is 0.00176. The van der Waals surface area contributed by atoms with Crippen LogP contribution in [0.5, 0.6) is 0 Å². The Bertz CT molecular complexity index is 3880. The van der Waals surface area contributed by atoms with Crippen molar-refractivity contribution in [3.63, 3.8) is 0 Å². The SMILES string of the molecule is CC(=O)[C@@H](CC(=O)N1CCOCC1)CC1CCCCC1.CC(=O)[C@@H](CC(=O)O)CC1CCCCC1.N#C[C@H](COCc1ccccc1)NC(=O)[C@@H](CC(=O)N1CCOCC1)CC1CCCCC1.NC(=O)[C@@H](N)COCc1ccccc1.NC(=O)[C@H](COCc1ccccc1)NC(=O)[C@@H](CC(=O)N1CCOCC1)CC1CCCCC1.O=C(O)[C@@H](CC(=O)N1CCOCC1)CC1CCCCC1. The van der Waals surface area contributed by atoms with E-state index in [9.17, 15) is 67.9 Å². The van der Waals surface area contributed by atoms with Crippen LogP contribution in [0.4, 0.5) is 0 Å². The van der Waals surface area contributed by atoms with Crippen molar-refractivity contribution in [1.29, 1.82) is 5.26 Å². The van der Waals surface area contributed by atoms with Crippen molar-refractivity contribution >= 4 is 70.8 Å². The molecule has 8 amide bonds. The molecule has 0 aromatic heterocycles. The van der Waals surface area contributed by atoms with Crippen molar-refractivity contribution in [1.82, 2.24) is 30.2 Å². The van der Waals surface area contributed by atoms with Gasteiger partial charge in [0.25, 0.3) is 0 Å². The molecule has 0 bridgehead atoms. The van der Waals surface area contributed by atoms with Crippen LogP contribution < -0.4 is 27.8 Å². The smallest absolute Gasteiger partial charge is 0.307 e. The van der Waals surface area contributed by atoms with Gasteiger partial charge in [-0.25, -0.2) is 0 Å². The number of hydrogen-bond donors (Lipinski definition) is 7. The molecule has 746 valence electrons. The van der Waals surface area contributed by atoms with Crippen molar-refractivity contribution < 1.29 is 101 Å². The highest BCUT2D eigenvalue weighted by Gasteiger charge is 2.36. The maximum Gasteiger partial charge on any atom is 0.307 e. The summed E-state index contributed by atoms with van der Waals surface area (Å²) in [5, 5.41) is 33.2. The summed E-state index contributed by atoms with van der Waals surface area (Å²) in [6, 6.07) is 28.7. The van der Waals surface area contributed by atoms with E-state index >= 15 is 0 Å². The van der Waals surface area contributed by atoms with E-state index in [0.717, 1.165) is 80.9 Å². The van der Waals surface area contributed by atoms with Crippen LogP contribution in [-0.2, 0) is 111 Å². The number of morpholine rings is 4. The first-order valence-electron chi connectivity index (χ1n) is 49.9. The highest BCUT2D eigenvalue weighted by Crippen LogP contribution is 2.36. The van der Waals surface area contributed by atoms with Gasteiger partial charge in [0.1, 0.15) is 29.7 Å². The van der Waals surface area contributed by atoms with E-state index in [-0.39, 0.29) is 104 Å². The average molecular weight is 1870 g/mol. The Labute approximate surface area is 794 Å². The molecular formula is C103H158N10O21. The molecule has 9 fully saturated rings. The Hall–Kier alpha value is -9.13. The van der Waals surface area contributed by atoms with E-state index in [1.54, 1.807) is 21.6 Å². The molecule has 0 unspecified atom stereocenters. The quantitative estimate of drug-likeness (QED) is 0.0277. The van der Waals surface area contributed by atoms with E-state index in [0.29, 0.717) is 180 Å². The van der Waals surface area contributed by atoms with E-state index in [1.807, 2.05) is 95.9 Å². The number of nitrogens with two attached hydrogens (primary N) is 3. The fraction of sp³-hybridized carbons (Fsp3) is 0.699. The lowest BCUT2D eigenvalue weighted by Gasteiger charge is -2.30. The van der Waals surface area contributed by atoms with Crippen molar-refractivity contribution in [3.8, 4) is 6.07 Å². The first-order chi connectivity index (χ1) is 64.8. The number of carbonyl (C=O) groups is 12. The molecule has 0 radical (unpaired) electrons. The third-order valence-electron chi connectivity index (χ3n) is 27.2. The van der Waals surface area contributed by atoms with Crippen LogP contribution in [0, 0.1) is 70.5 Å². The summed E-state index contributed by atoms with van der Waals surface area (Å²) >= 11 is 0. The lowest BCUT2D eigenvalue weighted by molar-refractivity contribution is -0.148. The molecule has 5 aliphatic carbocycles. The van der Waals surface area contributed by atoms with Crippen LogP contribution in [0.1, 0.15) is 255 Å². The van der Waals surface area contributed by atoms with Gasteiger partial charge < -0.3 is 90.8 Å². The third-order valence-corrected chi connectivity index (χ3v) is 27.2. The number of nitrogens with one attached hydrogen (secondary N) is 2. The number of amides is 8. The van der Waals surface area contributed by atoms with Gasteiger partial charge in [-0.3, -0.25) is 57.5 Å². The zero-order valence-electron chi connectivity index (χ0n) is 80.1. The Morgan fingerprint density at radius 2 is 0.642 bits per heavy atom. The average Bonchev–Trinajstić information content (AvgIpc) is 0.838. The normalized spacial score (nSPS) is 19.4. The van der Waals surface area contributed by atoms with E-state index in [4.69, 9.17) is 55.5 Å². The number of hydrogen-bond acceptors (Lipinski definition) is 21. The second-order valence-electron chi connectivity index (χ2n) is 37.8. The highest BCUT2D eigenvalue weighted by atomic mass is 16.5. The summed E-state index contributed by atoms with van der Waals surface area (Å²) in [4.78, 5) is 151. The number of benzene rings is 3. The number of rotatable bonds is 41. The number of carboxylic acids is 2. The van der Waals surface area contributed by atoms with Crippen LogP contribution >= 0.6 is 0 Å². The van der Waals surface area contributed by atoms with Crippen LogP contribution in [0.25, 0.3) is 0 Å². The monoisotopic (exact) mass is 1870 g/mol. The first-order valence-corrected chi connectivity index (χ1v) is 49.9. The molecule has 5 saturated carbocycles. The minimum Gasteiger partial charge on any atom is -0.481 e. The lowest BCUT2D eigenvalue weighted by Crippen LogP contribution is -2.50. The van der Waals surface area contributed by atoms with Crippen LogP contribution in [-0.4, -0.2) is 244 Å². The zero-order valence-corrected chi connectivity index (χ0v) is 80.1. The Morgan fingerprint density at radius 1 is 0.373 bits per heavy atom. The van der Waals surface area contributed by atoms with Gasteiger partial charge in [0, 0.05) is 102 Å². The summed E-state index contributed by atoms with van der Waals surface area (Å²) in [5.41, 5.74) is 18.9. The topological polar surface area (TPSA) is 449 Å². The number of primary amides is 2. The largest absolute Gasteiger partial charge is 0.481 e. The third kappa shape index (κ3) is 46.1. The van der Waals surface area contributed by atoms with Gasteiger partial charge in [-0.1, -0.05) is 252 Å². The molecule has 31 nitrogen and oxygen atoms in total. The number of ether oxygens (including phenoxy) is 7. The van der Waals surface area contributed by atoms with Gasteiger partial charge in [-0.2, -0.15) is 5.26 Å². The maximum atomic E-state index is 13.2. The van der Waals surface area contributed by atoms with Gasteiger partial charge >= 0.3 is 11.9 Å². The van der Waals surface area contributed by atoms with Crippen LogP contribution in [0.2, 0.25) is 0 Å². The van der Waals surface area contributed by atoms with E-state index in [2.05, 4.69) is 16.7 Å². The fourth-order valence-electron chi connectivity index (χ4n) is 19.2. The molecule has 9 aliphatic rings. The standard InChI is InChI=1S/C25H37N3O5.C25H35N3O4.C16H27NO3.C15H25NO4.C12H20O3.C10H14N2O2/c26-24(30)22(18-33-17-20-9-5-2-6-10-20)27-25(31)21(15-19-7-3-1-4-8-19)16-23(29)28-11-13-32-14-12-28;26-17-23(19-32-18-21-9-5-2-6-10-21)27-25(30)22(15-20-7-3-1-4-8-20)16-24(29)28-11-13-31-14-12-28;1-13(18)15(11-14-5-3-2-4-6-14)12-16(19)17-7-9-20-10-8-17;17-14(16-6-8-20-9-7-16)11-13(15(18)19)10-12-4-2-1-3-5-12;1-9(13)11(8-12(14)15)7-10-5-3-2-4-6-10;11-9(10(12)13)7-14-6-8-4-2-1-3-5-8/h2,5-6,9-10,19,21-22H,1,3-4,7-8,11-18H2,(H2,26,30)(H,27,31);2,5-6,9-10,20,22-23H,1,3-4,7-8,11-16,18-19H2,(H,27,30);14-15H,2-12H2,1H3;12-13H,1-11H2,(H,18,19);10-11H,2-8H2,1H3,(H,14,15);1-5,9H,6-7,11H2,(H2,12,13)/t21-,22+;22-,23-;15-;13-;11-;9-/m111110/s1. The summed E-state index contributed by atoms with van der Waals surface area (Å²) in [6.45, 7) is 13.8. The van der Waals surface area contributed by atoms with Gasteiger partial charge in [0.2, 0.25) is 47.3 Å². The van der Waals surface area contributed by atoms with Gasteiger partial charge in [0.05, 0.1) is 111 Å². The fourth-order valence-corrected chi connectivity index (χ4v) is 19.2. The summed E-state index contributed by atoms with van der Waals surface area (Å²) < 4.78 is 37.7. The molecular weight excluding hydrogens is 1710 g/mol. The molecule has 3 aromatic carbocycles. The number of nitriles is 1. The van der Waals surface area contributed by atoms with Crippen LogP contribution in [0.3, 0.4) is 0 Å². The molecule has 8 atom stereocenters. The van der Waals surface area contributed by atoms with Crippen molar-refractivity contribution in [2.45, 2.75) is 277 Å². The summed E-state index contributed by atoms with van der Waals surface area (Å²) in [7, 11) is 0. The number of aliphatic carboxylic acids is 2. The number of Topliss-reactive ketones (excluding diaryl/α,β-unsaturated/α-hetero) is 2. The second-order valence-corrected chi connectivity index (χ2v) is 37.8. The Balaban J connectivity index is 0.000000226. The first kappa shape index (κ1) is 112. The van der Waals surface area contributed by atoms with Crippen molar-refractivity contribution in [2.75, 3.05) is 125 Å². The zero-order chi connectivity index (χ0) is 96.5. The summed E-state index contributed by atoms with van der Waals surface area (Å²) in [5.74, 6) is -2.27. The summed E-state index contributed by atoms with van der Waals surface area (Å²) in [6.07, 6.45) is 34.5. The number of ketones is 2. The highest BCUT2D eigenvalue weighted by molar-refractivity contribution is 5.91. The molecule has 3 aromatic rings. The number of carbonyl (C=O) groups excluding carboxylic acids is 10. The van der Waals surface area contributed by atoms with Gasteiger partial charge in [-0.05, 0) is 92.2 Å². The minimum atomic E-state index is -0.937. The molecule has 12 rings (SSSR count). The Morgan fingerprint density at radius 3 is 0.925 bits per heavy atom. The number of nitrogens with zero attached hydrogens (tertiary/aromatic N) is 5.